The Morgan fingerprint density at radius 1 is 1.14 bits per heavy atom. The number of halogens is 3. The summed E-state index contributed by atoms with van der Waals surface area (Å²) in [6.07, 6.45) is -3.45. The van der Waals surface area contributed by atoms with Gasteiger partial charge >= 0.3 is 11.9 Å². The average Bonchev–Trinajstić information content (AvgIpc) is 2.63. The molecule has 28 heavy (non-hydrogen) atoms. The van der Waals surface area contributed by atoms with E-state index in [4.69, 9.17) is 0 Å². The Morgan fingerprint density at radius 2 is 1.79 bits per heavy atom. The lowest BCUT2D eigenvalue weighted by Gasteiger charge is -2.22. The van der Waals surface area contributed by atoms with Crippen molar-refractivity contribution >= 4 is 10.0 Å². The zero-order chi connectivity index (χ0) is 21.3. The van der Waals surface area contributed by atoms with Crippen molar-refractivity contribution in [2.45, 2.75) is 17.6 Å². The van der Waals surface area contributed by atoms with Gasteiger partial charge in [0.2, 0.25) is 10.0 Å². The predicted octanol–water partition coefficient (Wildman–Crippen LogP) is 1.48. The lowest BCUT2D eigenvalue weighted by atomic mass is 10.2. The minimum absolute atomic E-state index is 0.0884. The van der Waals surface area contributed by atoms with Crippen LogP contribution in [0.3, 0.4) is 0 Å². The maximum Gasteiger partial charge on any atom is 0.416 e. The lowest BCUT2D eigenvalue weighted by Crippen LogP contribution is -2.40. The summed E-state index contributed by atoms with van der Waals surface area (Å²) in [5, 5.41) is 0. The molecule has 0 aliphatic rings. The summed E-state index contributed by atoms with van der Waals surface area (Å²) in [5.74, 6) is 0. The summed E-state index contributed by atoms with van der Waals surface area (Å²) in [7, 11) is -1.72. The van der Waals surface area contributed by atoms with Crippen LogP contribution in [0.25, 0.3) is 0 Å². The molecule has 2 aromatic rings. The largest absolute Gasteiger partial charge is 0.416 e. The Labute approximate surface area is 159 Å². The van der Waals surface area contributed by atoms with Crippen molar-refractivity contribution in [3.8, 4) is 0 Å². The SMILES string of the molecule is C=CCN(Cc1cc(=O)n(C)c(=O)n1C)S(=O)(=O)c1cccc(C(F)(F)F)c1. The highest BCUT2D eigenvalue weighted by molar-refractivity contribution is 7.89. The van der Waals surface area contributed by atoms with Gasteiger partial charge in [0.1, 0.15) is 0 Å². The van der Waals surface area contributed by atoms with Crippen LogP contribution in [-0.4, -0.2) is 28.4 Å². The summed E-state index contributed by atoms with van der Waals surface area (Å²) in [6.45, 7) is 2.83. The molecule has 0 fully saturated rings. The van der Waals surface area contributed by atoms with E-state index >= 15 is 0 Å². The summed E-state index contributed by atoms with van der Waals surface area (Å²) in [5.41, 5.74) is -2.30. The maximum atomic E-state index is 12.9. The third-order valence-electron chi connectivity index (χ3n) is 4.10. The summed E-state index contributed by atoms with van der Waals surface area (Å²) >= 11 is 0. The number of nitrogens with zero attached hydrogens (tertiary/aromatic N) is 3. The topological polar surface area (TPSA) is 81.4 Å². The fraction of sp³-hybridized carbons (Fsp3) is 0.294. The number of alkyl halides is 3. The number of benzene rings is 1. The Hall–Kier alpha value is -2.66. The van der Waals surface area contributed by atoms with Crippen molar-refractivity contribution in [3.05, 3.63) is 75.1 Å². The molecule has 0 spiro atoms. The van der Waals surface area contributed by atoms with E-state index < -0.39 is 44.5 Å². The molecule has 2 rings (SSSR count). The van der Waals surface area contributed by atoms with Crippen LogP contribution in [0.1, 0.15) is 11.3 Å². The molecule has 1 aromatic heterocycles. The fourth-order valence-electron chi connectivity index (χ4n) is 2.48. The van der Waals surface area contributed by atoms with E-state index in [0.29, 0.717) is 6.07 Å². The van der Waals surface area contributed by atoms with Gasteiger partial charge in [-0.1, -0.05) is 12.1 Å². The maximum absolute atomic E-state index is 12.9. The van der Waals surface area contributed by atoms with Gasteiger partial charge in [-0.15, -0.1) is 6.58 Å². The molecule has 0 aliphatic carbocycles. The van der Waals surface area contributed by atoms with Crippen molar-refractivity contribution in [1.82, 2.24) is 13.4 Å². The van der Waals surface area contributed by atoms with E-state index in [1.54, 1.807) is 0 Å². The second-order valence-electron chi connectivity index (χ2n) is 5.99. The molecule has 0 unspecified atom stereocenters. The van der Waals surface area contributed by atoms with E-state index in [-0.39, 0.29) is 12.2 Å². The molecule has 0 amide bonds. The van der Waals surface area contributed by atoms with Gasteiger partial charge in [-0.3, -0.25) is 13.9 Å². The van der Waals surface area contributed by atoms with Crippen LogP contribution < -0.4 is 11.2 Å². The van der Waals surface area contributed by atoms with Gasteiger partial charge in [0.25, 0.3) is 5.56 Å². The number of sulfonamides is 1. The van der Waals surface area contributed by atoms with E-state index in [1.807, 2.05) is 0 Å². The Morgan fingerprint density at radius 3 is 2.36 bits per heavy atom. The number of rotatable bonds is 6. The van der Waals surface area contributed by atoms with Gasteiger partial charge in [-0.05, 0) is 18.2 Å². The van der Waals surface area contributed by atoms with Crippen LogP contribution in [0.2, 0.25) is 0 Å². The van der Waals surface area contributed by atoms with E-state index in [9.17, 15) is 31.2 Å². The first-order valence-electron chi connectivity index (χ1n) is 7.94. The van der Waals surface area contributed by atoms with Gasteiger partial charge in [-0.25, -0.2) is 13.2 Å². The monoisotopic (exact) mass is 417 g/mol. The van der Waals surface area contributed by atoms with Gasteiger partial charge in [0, 0.05) is 32.4 Å². The van der Waals surface area contributed by atoms with Crippen LogP contribution >= 0.6 is 0 Å². The van der Waals surface area contributed by atoms with E-state index in [0.717, 1.165) is 37.7 Å². The molecule has 11 heteroatoms. The summed E-state index contributed by atoms with van der Waals surface area (Å²) in [4.78, 5) is 23.3. The molecule has 0 radical (unpaired) electrons. The van der Waals surface area contributed by atoms with Crippen LogP contribution in [0.5, 0.6) is 0 Å². The highest BCUT2D eigenvalue weighted by atomic mass is 32.2. The van der Waals surface area contributed by atoms with E-state index in [2.05, 4.69) is 6.58 Å². The van der Waals surface area contributed by atoms with Crippen molar-refractivity contribution in [3.63, 3.8) is 0 Å². The molecule has 7 nitrogen and oxygen atoms in total. The molecule has 0 aliphatic heterocycles. The molecule has 1 aromatic carbocycles. The van der Waals surface area contributed by atoms with Gasteiger partial charge in [0.15, 0.2) is 0 Å². The average molecular weight is 417 g/mol. The minimum atomic E-state index is -4.70. The minimum Gasteiger partial charge on any atom is -0.299 e. The molecular weight excluding hydrogens is 399 g/mol. The van der Waals surface area contributed by atoms with Crippen LogP contribution in [0.4, 0.5) is 13.2 Å². The predicted molar refractivity (Wildman–Crippen MR) is 96.2 cm³/mol. The highest BCUT2D eigenvalue weighted by Gasteiger charge is 2.33. The smallest absolute Gasteiger partial charge is 0.299 e. The third-order valence-corrected chi connectivity index (χ3v) is 5.90. The van der Waals surface area contributed by atoms with Crippen molar-refractivity contribution < 1.29 is 21.6 Å². The lowest BCUT2D eigenvalue weighted by molar-refractivity contribution is -0.137. The molecule has 0 N–H and O–H groups in total. The molecule has 0 saturated heterocycles. The number of hydrogen-bond acceptors (Lipinski definition) is 4. The number of hydrogen-bond donors (Lipinski definition) is 0. The molecule has 1 heterocycles. The van der Waals surface area contributed by atoms with Crippen LogP contribution in [0, 0.1) is 0 Å². The summed E-state index contributed by atoms with van der Waals surface area (Å²) < 4.78 is 67.4. The quantitative estimate of drug-likeness (QED) is 0.667. The standard InChI is InChI=1S/C17H18F3N3O4S/c1-4-8-23(11-13-10-15(24)22(3)16(25)21(13)2)28(26,27)14-7-5-6-12(9-14)17(18,19)20/h4-7,9-10H,1,8,11H2,2-3H3. The normalized spacial score (nSPS) is 12.4. The molecule has 0 atom stereocenters. The van der Waals surface area contributed by atoms with Crippen molar-refractivity contribution in [2.24, 2.45) is 14.1 Å². The first-order chi connectivity index (χ1) is 12.9. The summed E-state index contributed by atoms with van der Waals surface area (Å²) in [6, 6.07) is 4.44. The molecule has 0 bridgehead atoms. The Balaban J connectivity index is 2.54. The van der Waals surface area contributed by atoms with Crippen molar-refractivity contribution in [2.75, 3.05) is 6.54 Å². The van der Waals surface area contributed by atoms with Crippen LogP contribution in [0.15, 0.2) is 57.5 Å². The molecular formula is C17H18F3N3O4S. The van der Waals surface area contributed by atoms with E-state index in [1.165, 1.54) is 20.2 Å². The zero-order valence-electron chi connectivity index (χ0n) is 15.1. The Bertz CT molecular complexity index is 1120. The second-order valence-corrected chi connectivity index (χ2v) is 7.92. The first-order valence-corrected chi connectivity index (χ1v) is 9.38. The molecule has 152 valence electrons. The first kappa shape index (κ1) is 21.6. The van der Waals surface area contributed by atoms with Crippen LogP contribution in [-0.2, 0) is 36.8 Å². The second kappa shape index (κ2) is 7.76. The fourth-order valence-corrected chi connectivity index (χ4v) is 3.91. The number of aromatic nitrogens is 2. The Kier molecular flexibility index (Phi) is 6.00. The zero-order valence-corrected chi connectivity index (χ0v) is 15.9. The van der Waals surface area contributed by atoms with Gasteiger partial charge in [-0.2, -0.15) is 17.5 Å². The van der Waals surface area contributed by atoms with Gasteiger partial charge in [0.05, 0.1) is 17.0 Å². The highest BCUT2D eigenvalue weighted by Crippen LogP contribution is 2.31. The van der Waals surface area contributed by atoms with Crippen molar-refractivity contribution in [1.29, 1.82) is 0 Å². The van der Waals surface area contributed by atoms with Gasteiger partial charge < -0.3 is 0 Å². The molecule has 0 saturated carbocycles. The third kappa shape index (κ3) is 4.25.